The van der Waals surface area contributed by atoms with Crippen LogP contribution in [0.5, 0.6) is 5.88 Å². The summed E-state index contributed by atoms with van der Waals surface area (Å²) in [5, 5.41) is 5.38. The van der Waals surface area contributed by atoms with Crippen molar-refractivity contribution in [3.8, 4) is 5.88 Å². The highest BCUT2D eigenvalue weighted by molar-refractivity contribution is 6.62. The maximum absolute atomic E-state index is 12.3. The first-order valence-electron chi connectivity index (χ1n) is 9.86. The number of allylic oxidation sites excluding steroid dienone is 4. The molecule has 3 rings (SSSR count). The fourth-order valence-electron chi connectivity index (χ4n) is 3.29. The minimum absolute atomic E-state index is 0.129. The van der Waals surface area contributed by atoms with Crippen molar-refractivity contribution in [1.29, 1.82) is 5.53 Å². The van der Waals surface area contributed by atoms with Crippen molar-refractivity contribution in [3.63, 3.8) is 0 Å². The van der Waals surface area contributed by atoms with Crippen LogP contribution in [0.25, 0.3) is 0 Å². The minimum Gasteiger partial charge on any atom is -0.468 e. The summed E-state index contributed by atoms with van der Waals surface area (Å²) in [4.78, 5) is 3.92. The van der Waals surface area contributed by atoms with Gasteiger partial charge in [-0.15, -0.1) is 0 Å². The quantitative estimate of drug-likeness (QED) is 0.454. The van der Waals surface area contributed by atoms with Gasteiger partial charge < -0.3 is 14.0 Å². The van der Waals surface area contributed by atoms with E-state index in [2.05, 4.69) is 14.9 Å². The molecule has 1 aromatic rings. The molecule has 32 heavy (non-hydrogen) atoms. The van der Waals surface area contributed by atoms with Crippen LogP contribution in [0.4, 0.5) is 13.2 Å². The van der Waals surface area contributed by atoms with Gasteiger partial charge in [-0.1, -0.05) is 29.0 Å². The smallest absolute Gasteiger partial charge is 0.468 e. The van der Waals surface area contributed by atoms with Crippen molar-refractivity contribution < 1.29 is 27.2 Å². The Morgan fingerprint density at radius 3 is 2.69 bits per heavy atom. The number of halogens is 4. The Bertz CT molecular complexity index is 937. The molecule has 1 aromatic heterocycles. The average Bonchev–Trinajstić information content (AvgIpc) is 2.95. The first-order chi connectivity index (χ1) is 14.9. The molecule has 7 nitrogen and oxygen atoms in total. The van der Waals surface area contributed by atoms with Gasteiger partial charge in [0.25, 0.3) is 0 Å². The lowest BCUT2D eigenvalue weighted by atomic mass is 9.80. The molecule has 0 saturated carbocycles. The minimum atomic E-state index is -4.43. The van der Waals surface area contributed by atoms with Crippen LogP contribution in [0, 0.1) is 5.53 Å². The highest BCUT2D eigenvalue weighted by atomic mass is 35.5. The summed E-state index contributed by atoms with van der Waals surface area (Å²) in [5.74, 6) is -0.129. The molecular weight excluding hydrogens is 448 g/mol. The molecule has 1 saturated heterocycles. The topological polar surface area (TPSA) is 80.0 Å². The molecule has 0 aromatic carbocycles. The highest BCUT2D eigenvalue weighted by Gasteiger charge is 2.54. The lowest BCUT2D eigenvalue weighted by Crippen LogP contribution is -2.44. The zero-order valence-electron chi connectivity index (χ0n) is 17.8. The van der Waals surface area contributed by atoms with E-state index >= 15 is 0 Å². The lowest BCUT2D eigenvalue weighted by Gasteiger charge is -2.36. The molecule has 12 heteroatoms. The van der Waals surface area contributed by atoms with Crippen LogP contribution < -0.4 is 10.2 Å². The van der Waals surface area contributed by atoms with E-state index < -0.39 is 31.1 Å². The monoisotopic (exact) mass is 470 g/mol. The van der Waals surface area contributed by atoms with Crippen molar-refractivity contribution in [1.82, 2.24) is 9.99 Å². The summed E-state index contributed by atoms with van der Waals surface area (Å²) in [6.45, 7) is 4.37. The van der Waals surface area contributed by atoms with Gasteiger partial charge in [0.1, 0.15) is 0 Å². The van der Waals surface area contributed by atoms with E-state index in [0.29, 0.717) is 29.0 Å². The molecule has 3 heterocycles. The zero-order chi connectivity index (χ0) is 23.6. The molecule has 1 N–H and O–H groups in total. The number of nitrogens with zero attached hydrogens (tertiary/aromatic N) is 3. The molecule has 172 valence electrons. The van der Waals surface area contributed by atoms with Crippen molar-refractivity contribution in [3.05, 3.63) is 53.5 Å². The molecular formula is C20H23BClF3N4O3. The van der Waals surface area contributed by atoms with Crippen molar-refractivity contribution in [2.24, 2.45) is 5.22 Å². The summed E-state index contributed by atoms with van der Waals surface area (Å²) in [5.41, 5.74) is 7.20. The van der Waals surface area contributed by atoms with Crippen LogP contribution in [0.1, 0.15) is 33.6 Å². The third-order valence-corrected chi connectivity index (χ3v) is 5.70. The molecule has 0 bridgehead atoms. The second-order valence-corrected chi connectivity index (χ2v) is 8.54. The van der Waals surface area contributed by atoms with Gasteiger partial charge in [0, 0.05) is 22.9 Å². The number of alkyl halides is 3. The average molecular weight is 471 g/mol. The SMILES string of the molecule is CC1(C)OB(c2ccc(OCC(F)(F)F)nc2)OC1(C)CC/C=C1/C=C(Cl)C=CN1N=N. The van der Waals surface area contributed by atoms with Gasteiger partial charge in [0.15, 0.2) is 6.61 Å². The molecule has 0 radical (unpaired) electrons. The van der Waals surface area contributed by atoms with Crippen molar-refractivity contribution >= 4 is 24.2 Å². The van der Waals surface area contributed by atoms with Crippen LogP contribution >= 0.6 is 11.6 Å². The fraction of sp³-hybridized carbons (Fsp3) is 0.450. The van der Waals surface area contributed by atoms with Gasteiger partial charge in [-0.3, -0.25) is 0 Å². The van der Waals surface area contributed by atoms with Crippen LogP contribution in [-0.4, -0.2) is 41.1 Å². The Balaban J connectivity index is 1.65. The van der Waals surface area contributed by atoms with Crippen LogP contribution in [0.3, 0.4) is 0 Å². The van der Waals surface area contributed by atoms with Crippen LogP contribution in [0.2, 0.25) is 0 Å². The number of hydrogen-bond acceptors (Lipinski definition) is 6. The Kier molecular flexibility index (Phi) is 7.02. The summed E-state index contributed by atoms with van der Waals surface area (Å²) >= 11 is 6.04. The largest absolute Gasteiger partial charge is 0.496 e. The third-order valence-electron chi connectivity index (χ3n) is 5.47. The van der Waals surface area contributed by atoms with Gasteiger partial charge in [-0.25, -0.2) is 9.99 Å². The summed E-state index contributed by atoms with van der Waals surface area (Å²) in [6, 6.07) is 2.93. The molecule has 2 aliphatic rings. The fourth-order valence-corrected chi connectivity index (χ4v) is 3.45. The first kappa shape index (κ1) is 24.3. The van der Waals surface area contributed by atoms with Gasteiger partial charge in [-0.2, -0.15) is 18.7 Å². The lowest BCUT2D eigenvalue weighted by molar-refractivity contribution is -0.154. The van der Waals surface area contributed by atoms with Gasteiger partial charge >= 0.3 is 13.3 Å². The number of pyridine rings is 1. The van der Waals surface area contributed by atoms with E-state index in [1.54, 1.807) is 24.4 Å². The second kappa shape index (κ2) is 9.25. The van der Waals surface area contributed by atoms with E-state index in [1.165, 1.54) is 17.3 Å². The Morgan fingerprint density at radius 2 is 2.06 bits per heavy atom. The van der Waals surface area contributed by atoms with Crippen molar-refractivity contribution in [2.75, 3.05) is 6.61 Å². The summed E-state index contributed by atoms with van der Waals surface area (Å²) in [6.07, 6.45) is 5.04. The van der Waals surface area contributed by atoms with E-state index in [0.717, 1.165) is 0 Å². The Morgan fingerprint density at radius 1 is 1.31 bits per heavy atom. The molecule has 0 amide bonds. The number of nitrogens with one attached hydrogen (secondary N) is 1. The first-order valence-corrected chi connectivity index (χ1v) is 10.2. The van der Waals surface area contributed by atoms with Gasteiger partial charge in [-0.05, 0) is 51.8 Å². The van der Waals surface area contributed by atoms with E-state index in [4.69, 9.17) is 26.4 Å². The summed E-state index contributed by atoms with van der Waals surface area (Å²) < 4.78 is 53.8. The molecule has 1 unspecified atom stereocenters. The normalized spacial score (nSPS) is 24.1. The number of rotatable bonds is 7. The molecule has 0 spiro atoms. The standard InChI is InChI=1S/C20H23BClF3N4O3/c1-18(2)19(3,9-4-5-16-11-15(22)8-10-29(16)28-26)32-21(31-18)14-6-7-17(27-12-14)30-13-20(23,24)25/h5-8,10-12,26H,4,9,13H2,1-3H3/b16-5-,28-26?. The maximum atomic E-state index is 12.3. The number of ether oxygens (including phenoxy) is 1. The predicted octanol–water partition coefficient (Wildman–Crippen LogP) is 4.86. The molecule has 1 atom stereocenters. The number of hydrogen-bond donors (Lipinski definition) is 1. The van der Waals surface area contributed by atoms with Crippen molar-refractivity contribution in [2.45, 2.75) is 51.0 Å². The predicted molar refractivity (Wildman–Crippen MR) is 113 cm³/mol. The van der Waals surface area contributed by atoms with Crippen LogP contribution in [-0.2, 0) is 9.31 Å². The summed E-state index contributed by atoms with van der Waals surface area (Å²) in [7, 11) is -0.724. The Hall–Kier alpha value is -2.37. The molecule has 2 aliphatic heterocycles. The van der Waals surface area contributed by atoms with Crippen LogP contribution in [0.15, 0.2) is 58.7 Å². The van der Waals surface area contributed by atoms with Gasteiger partial charge in [0.05, 0.1) is 16.9 Å². The highest BCUT2D eigenvalue weighted by Crippen LogP contribution is 2.40. The maximum Gasteiger partial charge on any atom is 0.496 e. The third kappa shape index (κ3) is 5.70. The molecule has 0 aliphatic carbocycles. The van der Waals surface area contributed by atoms with E-state index in [1.807, 2.05) is 26.8 Å². The van der Waals surface area contributed by atoms with Gasteiger partial charge in [0.2, 0.25) is 5.88 Å². The Labute approximate surface area is 189 Å². The van der Waals surface area contributed by atoms with E-state index in [9.17, 15) is 13.2 Å². The zero-order valence-corrected chi connectivity index (χ0v) is 18.6. The number of aromatic nitrogens is 1. The van der Waals surface area contributed by atoms with E-state index in [-0.39, 0.29) is 5.88 Å². The molecule has 1 fully saturated rings. The second-order valence-electron chi connectivity index (χ2n) is 8.10.